The van der Waals surface area contributed by atoms with Gasteiger partial charge in [0.2, 0.25) is 5.91 Å². The molecule has 0 saturated heterocycles. The minimum absolute atomic E-state index is 0.0970. The van der Waals surface area contributed by atoms with Crippen LogP contribution < -0.4 is 16.4 Å². The van der Waals surface area contributed by atoms with E-state index in [1.54, 1.807) is 0 Å². The number of carbonyl (C=O) groups excluding carboxylic acids is 1. The van der Waals surface area contributed by atoms with Crippen molar-refractivity contribution in [2.45, 2.75) is 45.1 Å². The van der Waals surface area contributed by atoms with Gasteiger partial charge in [0.25, 0.3) is 0 Å². The maximum Gasteiger partial charge on any atom is 0.416 e. The number of nitrogens with one attached hydrogen (secondary N) is 2. The normalized spacial score (nSPS) is 15.5. The van der Waals surface area contributed by atoms with Gasteiger partial charge in [-0.3, -0.25) is 4.79 Å². The van der Waals surface area contributed by atoms with Gasteiger partial charge in [0.15, 0.2) is 0 Å². The molecule has 4 nitrogen and oxygen atoms in total. The molecule has 3 atom stereocenters. The second kappa shape index (κ2) is 10.0. The molecule has 0 spiro atoms. The second-order valence-electron chi connectivity index (χ2n) is 6.13. The van der Waals surface area contributed by atoms with Gasteiger partial charge in [0, 0.05) is 24.9 Å². The molecule has 0 aliphatic rings. The van der Waals surface area contributed by atoms with Gasteiger partial charge in [0.05, 0.1) is 11.6 Å². The molecule has 142 valence electrons. The lowest BCUT2D eigenvalue weighted by atomic mass is 9.98. The molecular weight excluding hydrogens is 351 g/mol. The summed E-state index contributed by atoms with van der Waals surface area (Å²) in [7, 11) is 0. The maximum absolute atomic E-state index is 12.6. The Hall–Kier alpha value is -1.25. The summed E-state index contributed by atoms with van der Waals surface area (Å²) in [6.45, 7) is 4.58. The number of nitrogens with two attached hydrogens (primary N) is 1. The van der Waals surface area contributed by atoms with Crippen LogP contribution in [0.25, 0.3) is 0 Å². The Balaban J connectivity index is 2.64. The maximum atomic E-state index is 12.6. The number of halogens is 3. The van der Waals surface area contributed by atoms with Crippen LogP contribution in [0.5, 0.6) is 0 Å². The Bertz CT molecular complexity index is 537. The number of hydrogen-bond donors (Lipinski definition) is 4. The molecule has 1 rings (SSSR count). The lowest BCUT2D eigenvalue weighted by molar-refractivity contribution is -0.137. The van der Waals surface area contributed by atoms with E-state index < -0.39 is 17.8 Å². The van der Waals surface area contributed by atoms with Crippen molar-refractivity contribution in [3.63, 3.8) is 0 Å². The van der Waals surface area contributed by atoms with Crippen molar-refractivity contribution in [3.05, 3.63) is 35.4 Å². The van der Waals surface area contributed by atoms with Gasteiger partial charge in [-0.25, -0.2) is 0 Å². The zero-order valence-corrected chi connectivity index (χ0v) is 15.3. The SMILES string of the molecule is CC[C@H](C)[C@H](NC[C@@H](N)CS)C(=O)NCc1ccc(C(F)(F)F)cc1. The predicted molar refractivity (Wildman–Crippen MR) is 96.4 cm³/mol. The molecule has 0 heterocycles. The molecule has 0 fully saturated rings. The lowest BCUT2D eigenvalue weighted by Crippen LogP contribution is -2.51. The van der Waals surface area contributed by atoms with E-state index in [1.807, 2.05) is 13.8 Å². The number of alkyl halides is 3. The Morgan fingerprint density at radius 1 is 1.28 bits per heavy atom. The molecule has 0 aliphatic heterocycles. The summed E-state index contributed by atoms with van der Waals surface area (Å²) in [6.07, 6.45) is -3.55. The second-order valence-corrected chi connectivity index (χ2v) is 6.49. The molecule has 0 unspecified atom stereocenters. The molecular formula is C17H26F3N3OS. The number of benzene rings is 1. The summed E-state index contributed by atoms with van der Waals surface area (Å²) in [4.78, 5) is 12.4. The van der Waals surface area contributed by atoms with E-state index in [4.69, 9.17) is 5.73 Å². The summed E-state index contributed by atoms with van der Waals surface area (Å²) in [5, 5.41) is 5.92. The first-order valence-corrected chi connectivity index (χ1v) is 8.86. The third-order valence-electron chi connectivity index (χ3n) is 4.08. The Morgan fingerprint density at radius 3 is 2.36 bits per heavy atom. The third-order valence-corrected chi connectivity index (χ3v) is 4.55. The number of hydrogen-bond acceptors (Lipinski definition) is 4. The quantitative estimate of drug-likeness (QED) is 0.500. The zero-order valence-electron chi connectivity index (χ0n) is 14.4. The largest absolute Gasteiger partial charge is 0.416 e. The summed E-state index contributed by atoms with van der Waals surface area (Å²) >= 11 is 4.12. The molecule has 8 heteroatoms. The molecule has 0 bridgehead atoms. The topological polar surface area (TPSA) is 67.1 Å². The van der Waals surface area contributed by atoms with E-state index in [9.17, 15) is 18.0 Å². The number of carbonyl (C=O) groups is 1. The van der Waals surface area contributed by atoms with E-state index in [0.717, 1.165) is 18.6 Å². The van der Waals surface area contributed by atoms with Crippen molar-refractivity contribution >= 4 is 18.5 Å². The van der Waals surface area contributed by atoms with Gasteiger partial charge in [-0.05, 0) is 23.6 Å². The number of thiol groups is 1. The summed E-state index contributed by atoms with van der Waals surface area (Å²) in [6, 6.07) is 4.19. The predicted octanol–water partition coefficient (Wildman–Crippen LogP) is 2.58. The standard InChI is InChI=1S/C17H26F3N3OS/c1-3-11(2)15(22-9-14(21)10-25)16(24)23-8-12-4-6-13(7-5-12)17(18,19)20/h4-7,11,14-15,22,25H,3,8-10,21H2,1-2H3,(H,23,24)/t11-,14+,15-/m0/s1. The summed E-state index contributed by atoms with van der Waals surface area (Å²) in [5.41, 5.74) is 5.72. The average Bonchev–Trinajstić information content (AvgIpc) is 2.59. The van der Waals surface area contributed by atoms with Crippen LogP contribution in [-0.4, -0.2) is 30.3 Å². The molecule has 0 aliphatic carbocycles. The van der Waals surface area contributed by atoms with Crippen LogP contribution in [0.1, 0.15) is 31.4 Å². The number of amides is 1. The third kappa shape index (κ3) is 7.25. The Morgan fingerprint density at radius 2 is 1.88 bits per heavy atom. The fourth-order valence-electron chi connectivity index (χ4n) is 2.24. The monoisotopic (exact) mass is 377 g/mol. The van der Waals surface area contributed by atoms with Crippen LogP contribution in [0.2, 0.25) is 0 Å². The van der Waals surface area contributed by atoms with Crippen molar-refractivity contribution in [2.24, 2.45) is 11.7 Å². The van der Waals surface area contributed by atoms with Gasteiger partial charge in [0.1, 0.15) is 0 Å². The fraction of sp³-hybridized carbons (Fsp3) is 0.588. The van der Waals surface area contributed by atoms with Crippen LogP contribution in [0.3, 0.4) is 0 Å². The average molecular weight is 377 g/mol. The first-order chi connectivity index (χ1) is 11.7. The zero-order chi connectivity index (χ0) is 19.0. The van der Waals surface area contributed by atoms with E-state index in [-0.39, 0.29) is 24.4 Å². The molecule has 1 amide bonds. The first-order valence-electron chi connectivity index (χ1n) is 8.22. The highest BCUT2D eigenvalue weighted by Gasteiger charge is 2.30. The van der Waals surface area contributed by atoms with Crippen LogP contribution in [0.4, 0.5) is 13.2 Å². The first kappa shape index (κ1) is 21.8. The van der Waals surface area contributed by atoms with Crippen molar-refractivity contribution in [1.82, 2.24) is 10.6 Å². The Kier molecular flexibility index (Phi) is 8.75. The highest BCUT2D eigenvalue weighted by molar-refractivity contribution is 7.80. The highest BCUT2D eigenvalue weighted by atomic mass is 32.1. The van der Waals surface area contributed by atoms with Gasteiger partial charge in [-0.15, -0.1) is 0 Å². The van der Waals surface area contributed by atoms with E-state index in [2.05, 4.69) is 23.3 Å². The molecule has 1 aromatic rings. The van der Waals surface area contributed by atoms with Gasteiger partial charge in [-0.1, -0.05) is 32.4 Å². The van der Waals surface area contributed by atoms with Crippen molar-refractivity contribution in [2.75, 3.05) is 12.3 Å². The van der Waals surface area contributed by atoms with Crippen molar-refractivity contribution in [1.29, 1.82) is 0 Å². The minimum Gasteiger partial charge on any atom is -0.351 e. The fourth-order valence-corrected chi connectivity index (χ4v) is 2.37. The van der Waals surface area contributed by atoms with Crippen LogP contribution in [0, 0.1) is 5.92 Å². The molecule has 0 radical (unpaired) electrons. The molecule has 0 aromatic heterocycles. The molecule has 4 N–H and O–H groups in total. The van der Waals surface area contributed by atoms with Crippen LogP contribution >= 0.6 is 12.6 Å². The minimum atomic E-state index is -4.36. The molecule has 0 saturated carbocycles. The van der Waals surface area contributed by atoms with E-state index in [1.165, 1.54) is 12.1 Å². The van der Waals surface area contributed by atoms with Gasteiger partial charge < -0.3 is 16.4 Å². The van der Waals surface area contributed by atoms with Crippen molar-refractivity contribution in [3.8, 4) is 0 Å². The molecule has 1 aromatic carbocycles. The lowest BCUT2D eigenvalue weighted by Gasteiger charge is -2.25. The summed E-state index contributed by atoms with van der Waals surface area (Å²) in [5.74, 6) is 0.410. The molecule has 25 heavy (non-hydrogen) atoms. The van der Waals surface area contributed by atoms with E-state index in [0.29, 0.717) is 17.9 Å². The van der Waals surface area contributed by atoms with Crippen LogP contribution in [-0.2, 0) is 17.5 Å². The summed E-state index contributed by atoms with van der Waals surface area (Å²) < 4.78 is 37.7. The van der Waals surface area contributed by atoms with Gasteiger partial charge in [-0.2, -0.15) is 25.8 Å². The smallest absolute Gasteiger partial charge is 0.351 e. The van der Waals surface area contributed by atoms with Crippen LogP contribution in [0.15, 0.2) is 24.3 Å². The highest BCUT2D eigenvalue weighted by Crippen LogP contribution is 2.29. The van der Waals surface area contributed by atoms with Gasteiger partial charge >= 0.3 is 6.18 Å². The van der Waals surface area contributed by atoms with Crippen molar-refractivity contribution < 1.29 is 18.0 Å². The van der Waals surface area contributed by atoms with E-state index >= 15 is 0 Å². The number of rotatable bonds is 9. The Labute approximate surface area is 152 Å².